The van der Waals surface area contributed by atoms with Crippen LogP contribution in [0.3, 0.4) is 0 Å². The summed E-state index contributed by atoms with van der Waals surface area (Å²) < 4.78 is 0. The first kappa shape index (κ1) is 11.6. The first-order valence-corrected chi connectivity index (χ1v) is 6.96. The largest absolute Gasteiger partial charge is 0.393 e. The molecule has 2 fully saturated rings. The predicted molar refractivity (Wildman–Crippen MR) is 73.8 cm³/mol. The molecule has 1 aliphatic heterocycles. The van der Waals surface area contributed by atoms with Crippen LogP contribution in [0.5, 0.6) is 0 Å². The van der Waals surface area contributed by atoms with Crippen molar-refractivity contribution in [1.82, 2.24) is 9.97 Å². The Kier molecular flexibility index (Phi) is 3.21. The molecule has 0 unspecified atom stereocenters. The van der Waals surface area contributed by atoms with Crippen molar-refractivity contribution in [2.75, 3.05) is 29.0 Å². The number of hydrogen-bond donors (Lipinski definition) is 2. The standard InChI is InChI=1S/C13H21N5/c14-11-12(17-10-5-1-2-6-10)15-9-16-13(11)18-7-3-4-8-18/h9-10H,1-8,14H2,(H,15,16,17). The zero-order valence-electron chi connectivity index (χ0n) is 10.7. The molecule has 5 nitrogen and oxygen atoms in total. The molecule has 2 aliphatic rings. The molecular formula is C13H21N5. The van der Waals surface area contributed by atoms with E-state index in [2.05, 4.69) is 20.2 Å². The molecule has 18 heavy (non-hydrogen) atoms. The van der Waals surface area contributed by atoms with E-state index < -0.39 is 0 Å². The topological polar surface area (TPSA) is 67.1 Å². The maximum absolute atomic E-state index is 6.21. The van der Waals surface area contributed by atoms with Crippen LogP contribution in [-0.4, -0.2) is 29.1 Å². The fourth-order valence-corrected chi connectivity index (χ4v) is 2.95. The molecule has 0 bridgehead atoms. The lowest BCUT2D eigenvalue weighted by atomic mass is 10.2. The Labute approximate surface area is 108 Å². The van der Waals surface area contributed by atoms with E-state index in [-0.39, 0.29) is 0 Å². The normalized spacial score (nSPS) is 20.6. The third kappa shape index (κ3) is 2.21. The van der Waals surface area contributed by atoms with Crippen LogP contribution >= 0.6 is 0 Å². The summed E-state index contributed by atoms with van der Waals surface area (Å²) >= 11 is 0. The second-order valence-electron chi connectivity index (χ2n) is 5.28. The van der Waals surface area contributed by atoms with Crippen molar-refractivity contribution >= 4 is 17.3 Å². The van der Waals surface area contributed by atoms with Gasteiger partial charge >= 0.3 is 0 Å². The number of nitrogen functional groups attached to an aromatic ring is 1. The first-order chi connectivity index (χ1) is 8.84. The van der Waals surface area contributed by atoms with Crippen molar-refractivity contribution in [2.45, 2.75) is 44.6 Å². The summed E-state index contributed by atoms with van der Waals surface area (Å²) in [4.78, 5) is 10.9. The Bertz CT molecular complexity index is 408. The molecule has 0 radical (unpaired) electrons. The van der Waals surface area contributed by atoms with Gasteiger partial charge in [-0.15, -0.1) is 0 Å². The van der Waals surface area contributed by atoms with Crippen molar-refractivity contribution < 1.29 is 0 Å². The Morgan fingerprint density at radius 2 is 1.83 bits per heavy atom. The molecule has 1 aromatic heterocycles. The van der Waals surface area contributed by atoms with E-state index in [0.29, 0.717) is 11.7 Å². The number of rotatable bonds is 3. The van der Waals surface area contributed by atoms with Crippen molar-refractivity contribution in [2.24, 2.45) is 0 Å². The third-order valence-electron chi connectivity index (χ3n) is 3.96. The van der Waals surface area contributed by atoms with E-state index in [1.807, 2.05) is 0 Å². The highest BCUT2D eigenvalue weighted by Gasteiger charge is 2.21. The van der Waals surface area contributed by atoms with Gasteiger partial charge in [0, 0.05) is 19.1 Å². The van der Waals surface area contributed by atoms with Gasteiger partial charge in [0.05, 0.1) is 0 Å². The van der Waals surface area contributed by atoms with Gasteiger partial charge in [-0.3, -0.25) is 0 Å². The summed E-state index contributed by atoms with van der Waals surface area (Å²) in [7, 11) is 0. The lowest BCUT2D eigenvalue weighted by molar-refractivity contribution is 0.750. The SMILES string of the molecule is Nc1c(NC2CCCC2)ncnc1N1CCCC1. The van der Waals surface area contributed by atoms with E-state index in [1.54, 1.807) is 6.33 Å². The van der Waals surface area contributed by atoms with Gasteiger partial charge in [0.15, 0.2) is 11.6 Å². The molecule has 1 saturated carbocycles. The minimum absolute atomic E-state index is 0.536. The molecule has 98 valence electrons. The average molecular weight is 247 g/mol. The number of anilines is 3. The van der Waals surface area contributed by atoms with Crippen LogP contribution in [0.2, 0.25) is 0 Å². The Morgan fingerprint density at radius 3 is 2.56 bits per heavy atom. The minimum Gasteiger partial charge on any atom is -0.393 e. The highest BCUT2D eigenvalue weighted by Crippen LogP contribution is 2.30. The van der Waals surface area contributed by atoms with E-state index in [9.17, 15) is 0 Å². The molecule has 3 rings (SSSR count). The van der Waals surface area contributed by atoms with Gasteiger partial charge in [-0.1, -0.05) is 12.8 Å². The second kappa shape index (κ2) is 5.00. The molecule has 0 amide bonds. The molecule has 1 aromatic rings. The van der Waals surface area contributed by atoms with Crippen LogP contribution < -0.4 is 16.0 Å². The van der Waals surface area contributed by atoms with Gasteiger partial charge in [-0.25, -0.2) is 9.97 Å². The number of nitrogens with zero attached hydrogens (tertiary/aromatic N) is 3. The molecule has 5 heteroatoms. The summed E-state index contributed by atoms with van der Waals surface area (Å²) in [6.45, 7) is 2.12. The van der Waals surface area contributed by atoms with Gasteiger partial charge in [0.1, 0.15) is 12.0 Å². The summed E-state index contributed by atoms with van der Waals surface area (Å²) in [5, 5.41) is 3.47. The van der Waals surface area contributed by atoms with Gasteiger partial charge in [-0.2, -0.15) is 0 Å². The highest BCUT2D eigenvalue weighted by atomic mass is 15.2. The van der Waals surface area contributed by atoms with Gasteiger partial charge in [-0.05, 0) is 25.7 Å². The number of nitrogens with two attached hydrogens (primary N) is 1. The van der Waals surface area contributed by atoms with Crippen LogP contribution in [0.4, 0.5) is 17.3 Å². The summed E-state index contributed by atoms with van der Waals surface area (Å²) in [6.07, 6.45) is 9.15. The number of aromatic nitrogens is 2. The second-order valence-corrected chi connectivity index (χ2v) is 5.28. The lowest BCUT2D eigenvalue weighted by Crippen LogP contribution is -2.23. The lowest BCUT2D eigenvalue weighted by Gasteiger charge is -2.21. The monoisotopic (exact) mass is 247 g/mol. The number of nitrogens with one attached hydrogen (secondary N) is 1. The van der Waals surface area contributed by atoms with Crippen molar-refractivity contribution in [3.05, 3.63) is 6.33 Å². The van der Waals surface area contributed by atoms with Gasteiger partial charge in [0.2, 0.25) is 0 Å². The van der Waals surface area contributed by atoms with Gasteiger partial charge < -0.3 is 16.0 Å². The quantitative estimate of drug-likeness (QED) is 0.855. The molecule has 1 saturated heterocycles. The fourth-order valence-electron chi connectivity index (χ4n) is 2.95. The summed E-state index contributed by atoms with van der Waals surface area (Å²) in [5.74, 6) is 1.72. The van der Waals surface area contributed by atoms with Crippen molar-refractivity contribution in [3.8, 4) is 0 Å². The Morgan fingerprint density at radius 1 is 1.11 bits per heavy atom. The Balaban J connectivity index is 1.79. The van der Waals surface area contributed by atoms with Crippen LogP contribution in [0.15, 0.2) is 6.33 Å². The third-order valence-corrected chi connectivity index (χ3v) is 3.96. The smallest absolute Gasteiger partial charge is 0.157 e. The summed E-state index contributed by atoms with van der Waals surface area (Å²) in [6, 6.07) is 0.536. The Hall–Kier alpha value is -1.52. The predicted octanol–water partition coefficient (Wildman–Crippen LogP) is 2.01. The average Bonchev–Trinajstić information content (AvgIpc) is 3.04. The molecule has 3 N–H and O–H groups in total. The van der Waals surface area contributed by atoms with Crippen molar-refractivity contribution in [1.29, 1.82) is 0 Å². The first-order valence-electron chi connectivity index (χ1n) is 6.96. The van der Waals surface area contributed by atoms with E-state index in [0.717, 1.165) is 24.7 Å². The zero-order chi connectivity index (χ0) is 12.4. The maximum atomic E-state index is 6.21. The molecule has 1 aliphatic carbocycles. The van der Waals surface area contributed by atoms with Gasteiger partial charge in [0.25, 0.3) is 0 Å². The molecule has 0 atom stereocenters. The van der Waals surface area contributed by atoms with Crippen LogP contribution in [0.25, 0.3) is 0 Å². The maximum Gasteiger partial charge on any atom is 0.157 e. The van der Waals surface area contributed by atoms with Crippen LogP contribution in [0.1, 0.15) is 38.5 Å². The van der Waals surface area contributed by atoms with Crippen molar-refractivity contribution in [3.63, 3.8) is 0 Å². The zero-order valence-corrected chi connectivity index (χ0v) is 10.7. The highest BCUT2D eigenvalue weighted by molar-refractivity contribution is 5.75. The molecule has 0 aromatic carbocycles. The van der Waals surface area contributed by atoms with E-state index >= 15 is 0 Å². The fraction of sp³-hybridized carbons (Fsp3) is 0.692. The molecule has 0 spiro atoms. The molecule has 2 heterocycles. The number of hydrogen-bond acceptors (Lipinski definition) is 5. The summed E-state index contributed by atoms with van der Waals surface area (Å²) in [5.41, 5.74) is 6.93. The minimum atomic E-state index is 0.536. The van der Waals surface area contributed by atoms with Crippen LogP contribution in [0, 0.1) is 0 Å². The van der Waals surface area contributed by atoms with E-state index in [1.165, 1.54) is 38.5 Å². The molecular weight excluding hydrogens is 226 g/mol. The van der Waals surface area contributed by atoms with Crippen LogP contribution in [-0.2, 0) is 0 Å². The van der Waals surface area contributed by atoms with E-state index in [4.69, 9.17) is 5.73 Å².